The molecule has 1 aliphatic rings. The Morgan fingerprint density at radius 3 is 2.79 bits per heavy atom. The SMILES string of the molecule is CCc1cccc(-n2nc(C)c3c2NC(=O)C[C@H]3C(=O)c2ccc(CC)s2)c1. The molecule has 0 radical (unpaired) electrons. The number of benzene rings is 1. The molecule has 4 rings (SSSR count). The van der Waals surface area contributed by atoms with Gasteiger partial charge in [0.15, 0.2) is 5.78 Å². The Morgan fingerprint density at radius 2 is 2.07 bits per heavy atom. The Morgan fingerprint density at radius 1 is 1.25 bits per heavy atom. The molecule has 1 atom stereocenters. The quantitative estimate of drug-likeness (QED) is 0.641. The smallest absolute Gasteiger partial charge is 0.226 e. The number of carbonyl (C=O) groups is 2. The summed E-state index contributed by atoms with van der Waals surface area (Å²) in [6.07, 6.45) is 1.98. The molecular weight excluding hydrogens is 370 g/mol. The van der Waals surface area contributed by atoms with E-state index in [1.165, 1.54) is 21.8 Å². The van der Waals surface area contributed by atoms with Gasteiger partial charge in [-0.1, -0.05) is 26.0 Å². The predicted molar refractivity (Wildman–Crippen MR) is 112 cm³/mol. The highest BCUT2D eigenvalue weighted by Crippen LogP contribution is 2.39. The van der Waals surface area contributed by atoms with Crippen LogP contribution < -0.4 is 5.32 Å². The van der Waals surface area contributed by atoms with Crippen LogP contribution in [0, 0.1) is 6.92 Å². The largest absolute Gasteiger partial charge is 0.310 e. The van der Waals surface area contributed by atoms with Gasteiger partial charge < -0.3 is 5.32 Å². The molecule has 0 saturated heterocycles. The van der Waals surface area contributed by atoms with Crippen LogP contribution in [0.4, 0.5) is 5.82 Å². The molecule has 0 bridgehead atoms. The van der Waals surface area contributed by atoms with Crippen LogP contribution in [0.5, 0.6) is 0 Å². The first-order chi connectivity index (χ1) is 13.5. The first-order valence-electron chi connectivity index (χ1n) is 9.63. The standard InChI is InChI=1S/C22H23N3O2S/c1-4-14-7-6-8-15(11-14)25-22-20(13(3)24-25)17(12-19(26)23-22)21(27)18-10-9-16(5-2)28-18/h6-11,17H,4-5,12H2,1-3H3,(H,23,26)/t17-/m1/s1. The lowest BCUT2D eigenvalue weighted by Crippen LogP contribution is -2.28. The van der Waals surface area contributed by atoms with Gasteiger partial charge in [0.2, 0.25) is 5.91 Å². The number of aromatic nitrogens is 2. The highest BCUT2D eigenvalue weighted by Gasteiger charge is 2.36. The normalized spacial score (nSPS) is 16.0. The van der Waals surface area contributed by atoms with Crippen molar-refractivity contribution in [1.82, 2.24) is 9.78 Å². The first-order valence-corrected chi connectivity index (χ1v) is 10.4. The van der Waals surface area contributed by atoms with Gasteiger partial charge in [-0.05, 0) is 49.6 Å². The maximum atomic E-state index is 13.2. The summed E-state index contributed by atoms with van der Waals surface area (Å²) in [5.41, 5.74) is 3.70. The average molecular weight is 394 g/mol. The number of nitrogens with zero attached hydrogens (tertiary/aromatic N) is 2. The zero-order valence-corrected chi connectivity index (χ0v) is 17.1. The van der Waals surface area contributed by atoms with E-state index in [-0.39, 0.29) is 18.1 Å². The first kappa shape index (κ1) is 18.6. The number of aryl methyl sites for hydroxylation is 3. The molecule has 0 fully saturated rings. The van der Waals surface area contributed by atoms with E-state index in [9.17, 15) is 9.59 Å². The van der Waals surface area contributed by atoms with E-state index in [0.717, 1.165) is 29.8 Å². The third-order valence-electron chi connectivity index (χ3n) is 5.24. The van der Waals surface area contributed by atoms with Crippen LogP contribution in [-0.2, 0) is 17.6 Å². The van der Waals surface area contributed by atoms with Crippen LogP contribution in [0.2, 0.25) is 0 Å². The van der Waals surface area contributed by atoms with E-state index in [4.69, 9.17) is 0 Å². The number of anilines is 1. The highest BCUT2D eigenvalue weighted by atomic mass is 32.1. The fraction of sp³-hybridized carbons (Fsp3) is 0.318. The highest BCUT2D eigenvalue weighted by molar-refractivity contribution is 7.14. The molecule has 6 heteroatoms. The fourth-order valence-corrected chi connectivity index (χ4v) is 4.68. The minimum Gasteiger partial charge on any atom is -0.310 e. The van der Waals surface area contributed by atoms with Gasteiger partial charge in [-0.2, -0.15) is 5.10 Å². The van der Waals surface area contributed by atoms with Crippen LogP contribution in [0.1, 0.15) is 57.6 Å². The number of thiophene rings is 1. The van der Waals surface area contributed by atoms with Gasteiger partial charge in [-0.15, -0.1) is 11.3 Å². The van der Waals surface area contributed by atoms with Crippen LogP contribution >= 0.6 is 11.3 Å². The summed E-state index contributed by atoms with van der Waals surface area (Å²) in [5, 5.41) is 7.62. The maximum absolute atomic E-state index is 13.2. The number of Topliss-reactive ketones (excluding diaryl/α,β-unsaturated/α-hetero) is 1. The molecule has 3 aromatic rings. The van der Waals surface area contributed by atoms with Crippen molar-refractivity contribution in [3.05, 3.63) is 63.0 Å². The minimum absolute atomic E-state index is 0.00533. The van der Waals surface area contributed by atoms with Gasteiger partial charge in [0.25, 0.3) is 0 Å². The molecule has 5 nitrogen and oxygen atoms in total. The molecule has 3 heterocycles. The Hall–Kier alpha value is -2.73. The third kappa shape index (κ3) is 3.18. The van der Waals surface area contributed by atoms with E-state index < -0.39 is 5.92 Å². The molecule has 1 amide bonds. The predicted octanol–water partition coefficient (Wildman–Crippen LogP) is 4.68. The summed E-state index contributed by atoms with van der Waals surface area (Å²) in [6, 6.07) is 12.0. The van der Waals surface area contributed by atoms with Crippen molar-refractivity contribution in [2.75, 3.05) is 5.32 Å². The monoisotopic (exact) mass is 393 g/mol. The molecule has 144 valence electrons. The van der Waals surface area contributed by atoms with Crippen molar-refractivity contribution in [3.63, 3.8) is 0 Å². The summed E-state index contributed by atoms with van der Waals surface area (Å²) >= 11 is 1.52. The van der Waals surface area contributed by atoms with E-state index in [1.807, 2.05) is 31.2 Å². The van der Waals surface area contributed by atoms with Gasteiger partial charge in [-0.25, -0.2) is 4.68 Å². The van der Waals surface area contributed by atoms with Crippen molar-refractivity contribution in [2.24, 2.45) is 0 Å². The summed E-state index contributed by atoms with van der Waals surface area (Å²) in [5.74, 6) is -0.0143. The van der Waals surface area contributed by atoms with Crippen LogP contribution in [0.25, 0.3) is 5.69 Å². The zero-order chi connectivity index (χ0) is 19.8. The molecule has 1 N–H and O–H groups in total. The molecule has 1 aromatic carbocycles. The second-order valence-corrected chi connectivity index (χ2v) is 8.24. The molecule has 0 saturated carbocycles. The lowest BCUT2D eigenvalue weighted by atomic mass is 9.87. The van der Waals surface area contributed by atoms with Crippen molar-refractivity contribution >= 4 is 28.8 Å². The Balaban J connectivity index is 1.79. The van der Waals surface area contributed by atoms with Crippen LogP contribution in [0.15, 0.2) is 36.4 Å². The maximum Gasteiger partial charge on any atom is 0.226 e. The number of hydrogen-bond donors (Lipinski definition) is 1. The molecule has 0 spiro atoms. The molecule has 0 aliphatic carbocycles. The topological polar surface area (TPSA) is 64.0 Å². The van der Waals surface area contributed by atoms with Crippen LogP contribution in [-0.4, -0.2) is 21.5 Å². The molecule has 28 heavy (non-hydrogen) atoms. The van der Waals surface area contributed by atoms with E-state index in [2.05, 4.69) is 36.4 Å². The molecule has 1 aliphatic heterocycles. The number of hydrogen-bond acceptors (Lipinski definition) is 4. The molecular formula is C22H23N3O2S. The van der Waals surface area contributed by atoms with Gasteiger partial charge in [0.05, 0.1) is 22.2 Å². The average Bonchev–Trinajstić information content (AvgIpc) is 3.31. The third-order valence-corrected chi connectivity index (χ3v) is 6.48. The number of ketones is 1. The zero-order valence-electron chi connectivity index (χ0n) is 16.3. The Bertz CT molecular complexity index is 1060. The summed E-state index contributed by atoms with van der Waals surface area (Å²) < 4.78 is 1.76. The van der Waals surface area contributed by atoms with E-state index in [0.29, 0.717) is 10.7 Å². The lowest BCUT2D eigenvalue weighted by Gasteiger charge is -2.22. The number of nitrogens with one attached hydrogen (secondary N) is 1. The number of rotatable bonds is 5. The summed E-state index contributed by atoms with van der Waals surface area (Å²) in [7, 11) is 0. The minimum atomic E-state index is -0.491. The van der Waals surface area contributed by atoms with E-state index in [1.54, 1.807) is 4.68 Å². The number of fused-ring (bicyclic) bond motifs is 1. The van der Waals surface area contributed by atoms with Crippen molar-refractivity contribution in [3.8, 4) is 5.69 Å². The van der Waals surface area contributed by atoms with Gasteiger partial charge in [0.1, 0.15) is 5.82 Å². The number of amides is 1. The Kier molecular flexibility index (Phi) is 4.89. The lowest BCUT2D eigenvalue weighted by molar-refractivity contribution is -0.116. The van der Waals surface area contributed by atoms with E-state index >= 15 is 0 Å². The summed E-state index contributed by atoms with van der Waals surface area (Å²) in [6.45, 7) is 6.08. The number of carbonyl (C=O) groups excluding carboxylic acids is 2. The van der Waals surface area contributed by atoms with Crippen molar-refractivity contribution in [1.29, 1.82) is 0 Å². The molecule has 0 unspecified atom stereocenters. The molecule has 2 aromatic heterocycles. The van der Waals surface area contributed by atoms with Gasteiger partial charge >= 0.3 is 0 Å². The van der Waals surface area contributed by atoms with Crippen LogP contribution in [0.3, 0.4) is 0 Å². The van der Waals surface area contributed by atoms with Crippen molar-refractivity contribution < 1.29 is 9.59 Å². The Labute approximate surface area is 168 Å². The second-order valence-electron chi connectivity index (χ2n) is 7.07. The van der Waals surface area contributed by atoms with Crippen molar-refractivity contribution in [2.45, 2.75) is 46.0 Å². The van der Waals surface area contributed by atoms with Gasteiger partial charge in [0, 0.05) is 16.9 Å². The summed E-state index contributed by atoms with van der Waals surface area (Å²) in [4.78, 5) is 27.6. The second kappa shape index (κ2) is 7.36. The van der Waals surface area contributed by atoms with Gasteiger partial charge in [-0.3, -0.25) is 9.59 Å². The fourth-order valence-electron chi connectivity index (χ4n) is 3.74.